The summed E-state index contributed by atoms with van der Waals surface area (Å²) < 4.78 is 0. The average Bonchev–Trinajstić information content (AvgIpc) is 2.85. The number of nitrogens with one attached hydrogen (secondary N) is 2. The number of amides is 1. The van der Waals surface area contributed by atoms with Crippen LogP contribution in [0.3, 0.4) is 0 Å². The van der Waals surface area contributed by atoms with Crippen LogP contribution in [-0.4, -0.2) is 41.4 Å². The molecule has 21 heavy (non-hydrogen) atoms. The Morgan fingerprint density at radius 1 is 1.38 bits per heavy atom. The highest BCUT2D eigenvalue weighted by molar-refractivity contribution is 5.93. The van der Waals surface area contributed by atoms with Crippen molar-refractivity contribution < 1.29 is 4.79 Å². The Morgan fingerprint density at radius 3 is 2.71 bits per heavy atom. The van der Waals surface area contributed by atoms with Crippen molar-refractivity contribution in [3.05, 3.63) is 53.1 Å². The summed E-state index contributed by atoms with van der Waals surface area (Å²) in [7, 11) is 4.03. The fraction of sp³-hybridized carbons (Fsp3) is 0.375. The van der Waals surface area contributed by atoms with Crippen LogP contribution in [0.15, 0.2) is 30.6 Å². The summed E-state index contributed by atoms with van der Waals surface area (Å²) in [4.78, 5) is 21.2. The van der Waals surface area contributed by atoms with E-state index in [-0.39, 0.29) is 11.9 Å². The van der Waals surface area contributed by atoms with Gasteiger partial charge in [-0.3, -0.25) is 4.79 Å². The van der Waals surface area contributed by atoms with Gasteiger partial charge in [-0.1, -0.05) is 29.8 Å². The van der Waals surface area contributed by atoms with Crippen LogP contribution in [0.1, 0.15) is 33.4 Å². The molecule has 1 atom stereocenters. The molecule has 0 spiro atoms. The molecule has 0 aliphatic rings. The number of likely N-dealkylation sites (N-methyl/N-ethyl adjacent to an activating group) is 1. The Balaban J connectivity index is 2.08. The molecule has 0 saturated heterocycles. The van der Waals surface area contributed by atoms with E-state index in [1.54, 1.807) is 0 Å². The monoisotopic (exact) mass is 286 g/mol. The third kappa shape index (κ3) is 3.70. The predicted molar refractivity (Wildman–Crippen MR) is 83.3 cm³/mol. The number of H-pyrrole nitrogens is 1. The van der Waals surface area contributed by atoms with Gasteiger partial charge in [-0.15, -0.1) is 0 Å². The second-order valence-corrected chi connectivity index (χ2v) is 5.48. The van der Waals surface area contributed by atoms with Crippen LogP contribution in [0.5, 0.6) is 0 Å². The number of aromatic amines is 1. The minimum Gasteiger partial charge on any atom is -0.349 e. The zero-order valence-electron chi connectivity index (χ0n) is 13.0. The van der Waals surface area contributed by atoms with Crippen molar-refractivity contribution in [3.8, 4) is 0 Å². The van der Waals surface area contributed by atoms with E-state index in [4.69, 9.17) is 0 Å². The Bertz CT molecular complexity index is 618. The van der Waals surface area contributed by atoms with Crippen LogP contribution < -0.4 is 5.32 Å². The van der Waals surface area contributed by atoms with Gasteiger partial charge in [0.2, 0.25) is 0 Å². The first-order valence-electron chi connectivity index (χ1n) is 7.00. The second kappa shape index (κ2) is 6.54. The fourth-order valence-electron chi connectivity index (χ4n) is 2.34. The van der Waals surface area contributed by atoms with Crippen molar-refractivity contribution >= 4 is 5.91 Å². The van der Waals surface area contributed by atoms with E-state index in [0.717, 1.165) is 5.69 Å². The number of hydrogen-bond acceptors (Lipinski definition) is 3. The lowest BCUT2D eigenvalue weighted by molar-refractivity contribution is 0.0937. The first kappa shape index (κ1) is 15.3. The molecule has 5 nitrogen and oxygen atoms in total. The summed E-state index contributed by atoms with van der Waals surface area (Å²) in [6, 6.07) is 8.48. The van der Waals surface area contributed by atoms with Crippen LogP contribution in [0.2, 0.25) is 0 Å². The summed E-state index contributed by atoms with van der Waals surface area (Å²) in [5, 5.41) is 2.96. The number of rotatable bonds is 5. The molecule has 2 aromatic rings. The van der Waals surface area contributed by atoms with Gasteiger partial charge in [0.1, 0.15) is 5.69 Å². The molecule has 1 amide bonds. The molecule has 2 rings (SSSR count). The molecule has 5 heteroatoms. The van der Waals surface area contributed by atoms with Gasteiger partial charge in [0.05, 0.1) is 12.4 Å². The lowest BCUT2D eigenvalue weighted by Crippen LogP contribution is -2.35. The molecule has 1 aromatic heterocycles. The van der Waals surface area contributed by atoms with Crippen molar-refractivity contribution in [1.82, 2.24) is 20.2 Å². The van der Waals surface area contributed by atoms with Gasteiger partial charge in [-0.25, -0.2) is 4.98 Å². The Labute approximate surface area is 125 Å². The Hall–Kier alpha value is -2.14. The van der Waals surface area contributed by atoms with E-state index in [0.29, 0.717) is 12.2 Å². The number of benzene rings is 1. The van der Waals surface area contributed by atoms with Gasteiger partial charge in [0.25, 0.3) is 5.91 Å². The quantitative estimate of drug-likeness (QED) is 0.884. The first-order valence-corrected chi connectivity index (χ1v) is 7.00. The van der Waals surface area contributed by atoms with Gasteiger partial charge in [-0.2, -0.15) is 0 Å². The Morgan fingerprint density at radius 2 is 2.14 bits per heavy atom. The van der Waals surface area contributed by atoms with E-state index < -0.39 is 0 Å². The molecular formula is C16H22N4O. The van der Waals surface area contributed by atoms with E-state index >= 15 is 0 Å². The molecule has 0 saturated carbocycles. The number of aromatic nitrogens is 2. The smallest absolute Gasteiger partial charge is 0.271 e. The minimum absolute atomic E-state index is 0.132. The normalized spacial score (nSPS) is 12.4. The molecule has 0 aliphatic carbocycles. The van der Waals surface area contributed by atoms with Crippen molar-refractivity contribution in [2.24, 2.45) is 0 Å². The number of aryl methyl sites for hydroxylation is 2. The van der Waals surface area contributed by atoms with E-state index in [1.807, 2.05) is 27.1 Å². The van der Waals surface area contributed by atoms with Gasteiger partial charge < -0.3 is 15.2 Å². The third-order valence-corrected chi connectivity index (χ3v) is 3.55. The summed E-state index contributed by atoms with van der Waals surface area (Å²) in [6.07, 6.45) is 1.54. The summed E-state index contributed by atoms with van der Waals surface area (Å²) >= 11 is 0. The molecule has 1 aromatic carbocycles. The molecule has 112 valence electrons. The van der Waals surface area contributed by atoms with Gasteiger partial charge >= 0.3 is 0 Å². The zero-order chi connectivity index (χ0) is 15.4. The van der Waals surface area contributed by atoms with Gasteiger partial charge in [-0.05, 0) is 33.5 Å². The van der Waals surface area contributed by atoms with E-state index in [1.165, 1.54) is 17.5 Å². The molecule has 1 heterocycles. The third-order valence-electron chi connectivity index (χ3n) is 3.55. The molecule has 0 bridgehead atoms. The maximum Gasteiger partial charge on any atom is 0.271 e. The number of imidazole rings is 1. The van der Waals surface area contributed by atoms with Crippen molar-refractivity contribution in [2.45, 2.75) is 19.9 Å². The van der Waals surface area contributed by atoms with Gasteiger partial charge in [0.15, 0.2) is 0 Å². The lowest BCUT2D eigenvalue weighted by Gasteiger charge is -2.25. The van der Waals surface area contributed by atoms with Crippen LogP contribution in [0.4, 0.5) is 0 Å². The average molecular weight is 286 g/mol. The molecule has 2 N–H and O–H groups in total. The number of carbonyl (C=O) groups excluding carboxylic acids is 1. The maximum absolute atomic E-state index is 12.1. The van der Waals surface area contributed by atoms with Crippen molar-refractivity contribution in [1.29, 1.82) is 0 Å². The molecule has 0 fully saturated rings. The van der Waals surface area contributed by atoms with Crippen molar-refractivity contribution in [3.63, 3.8) is 0 Å². The topological polar surface area (TPSA) is 61.0 Å². The summed E-state index contributed by atoms with van der Waals surface area (Å²) in [6.45, 7) is 4.45. The molecular weight excluding hydrogens is 264 g/mol. The predicted octanol–water partition coefficient (Wildman–Crippen LogP) is 2.06. The van der Waals surface area contributed by atoms with Crippen LogP contribution in [0, 0.1) is 13.8 Å². The first-order chi connectivity index (χ1) is 9.99. The molecule has 1 unspecified atom stereocenters. The number of carbonyl (C=O) groups is 1. The van der Waals surface area contributed by atoms with Gasteiger partial charge in [0, 0.05) is 12.2 Å². The van der Waals surface area contributed by atoms with E-state index in [2.05, 4.69) is 45.3 Å². The standard InChI is InChI=1S/C16H22N4O/c1-11-6-5-7-13(8-11)14(20(3)4)9-17-16(21)15-12(2)18-10-19-15/h5-8,10,14H,9H2,1-4H3,(H,17,21)(H,18,19). The highest BCUT2D eigenvalue weighted by Crippen LogP contribution is 2.18. The summed E-state index contributed by atoms with van der Waals surface area (Å²) in [5.41, 5.74) is 3.65. The van der Waals surface area contributed by atoms with Crippen LogP contribution in [-0.2, 0) is 0 Å². The zero-order valence-corrected chi connectivity index (χ0v) is 13.0. The minimum atomic E-state index is -0.145. The lowest BCUT2D eigenvalue weighted by atomic mass is 10.0. The van der Waals surface area contributed by atoms with Crippen LogP contribution in [0.25, 0.3) is 0 Å². The highest BCUT2D eigenvalue weighted by Gasteiger charge is 2.17. The maximum atomic E-state index is 12.1. The SMILES string of the molecule is Cc1cccc(C(CNC(=O)c2nc[nH]c2C)N(C)C)c1. The Kier molecular flexibility index (Phi) is 4.75. The molecule has 0 aliphatic heterocycles. The highest BCUT2D eigenvalue weighted by atomic mass is 16.1. The van der Waals surface area contributed by atoms with Crippen LogP contribution >= 0.6 is 0 Å². The number of hydrogen-bond donors (Lipinski definition) is 2. The fourth-order valence-corrected chi connectivity index (χ4v) is 2.34. The second-order valence-electron chi connectivity index (χ2n) is 5.48. The summed E-state index contributed by atoms with van der Waals surface area (Å²) in [5.74, 6) is -0.145. The molecule has 0 radical (unpaired) electrons. The number of nitrogens with zero attached hydrogens (tertiary/aromatic N) is 2. The largest absolute Gasteiger partial charge is 0.349 e. The van der Waals surface area contributed by atoms with E-state index in [9.17, 15) is 4.79 Å². The van der Waals surface area contributed by atoms with Crippen molar-refractivity contribution in [2.75, 3.05) is 20.6 Å².